The summed E-state index contributed by atoms with van der Waals surface area (Å²) >= 11 is 4.93. The number of ether oxygens (including phenoxy) is 1. The van der Waals surface area contributed by atoms with Gasteiger partial charge in [0.25, 0.3) is 0 Å². The van der Waals surface area contributed by atoms with Crippen LogP contribution in [0.4, 0.5) is 0 Å². The molecule has 1 aromatic carbocycles. The van der Waals surface area contributed by atoms with Crippen LogP contribution in [0.5, 0.6) is 0 Å². The van der Waals surface area contributed by atoms with Crippen molar-refractivity contribution in [1.29, 1.82) is 0 Å². The Morgan fingerprint density at radius 1 is 0.571 bits per heavy atom. The fraction of sp³-hybridized carbons (Fsp3) is 0.500. The van der Waals surface area contributed by atoms with E-state index in [0.29, 0.717) is 11.3 Å². The van der Waals surface area contributed by atoms with E-state index in [2.05, 4.69) is 31.9 Å². The van der Waals surface area contributed by atoms with Crippen LogP contribution in [-0.4, -0.2) is 156 Å². The van der Waals surface area contributed by atoms with Gasteiger partial charge in [-0.3, -0.25) is 33.6 Å². The first-order chi connectivity index (χ1) is 29.6. The number of rotatable bonds is 31. The quantitative estimate of drug-likeness (QED) is 0.0175. The number of nitrogens with one attached hydrogen (secondary N) is 6. The van der Waals surface area contributed by atoms with Crippen molar-refractivity contribution in [2.24, 2.45) is 0 Å². The maximum atomic E-state index is 13.4. The Kier molecular flexibility index (Phi) is 25.4. The minimum Gasteiger partial charge on any atom is -0.481 e. The molecule has 27 heteroatoms. The van der Waals surface area contributed by atoms with Gasteiger partial charge in [-0.15, -0.1) is 0 Å². The van der Waals surface area contributed by atoms with E-state index >= 15 is 0 Å². The Labute approximate surface area is 371 Å². The molecule has 348 valence electrons. The van der Waals surface area contributed by atoms with Crippen molar-refractivity contribution in [1.82, 2.24) is 31.9 Å². The van der Waals surface area contributed by atoms with Crippen molar-refractivity contribution < 1.29 is 88.1 Å². The molecule has 0 fully saturated rings. The van der Waals surface area contributed by atoms with Crippen LogP contribution < -0.4 is 31.9 Å². The molecule has 1 aromatic rings. The summed E-state index contributed by atoms with van der Waals surface area (Å²) in [6, 6.07) is -1.47. The molecular formula is C36H48N6O18S3. The van der Waals surface area contributed by atoms with Crippen molar-refractivity contribution in [3.8, 4) is 0 Å². The number of hydrogen-bond donors (Lipinski definition) is 12. The lowest BCUT2D eigenvalue weighted by Crippen LogP contribution is -2.57. The fourth-order valence-corrected chi connectivity index (χ4v) is 7.31. The third-order valence-electron chi connectivity index (χ3n) is 8.16. The Bertz CT molecular complexity index is 1820. The molecule has 0 aliphatic rings. The van der Waals surface area contributed by atoms with Crippen molar-refractivity contribution in [3.05, 3.63) is 35.9 Å². The van der Waals surface area contributed by atoms with Crippen LogP contribution in [0.1, 0.15) is 57.4 Å². The van der Waals surface area contributed by atoms with Crippen molar-refractivity contribution >= 4 is 104 Å². The summed E-state index contributed by atoms with van der Waals surface area (Å²) in [6.45, 7) is 1.30. The lowest BCUT2D eigenvalue weighted by Gasteiger charge is -2.24. The lowest BCUT2D eigenvalue weighted by molar-refractivity contribution is -0.143. The van der Waals surface area contributed by atoms with Gasteiger partial charge in [-0.25, -0.2) is 19.2 Å². The van der Waals surface area contributed by atoms with E-state index in [4.69, 9.17) is 22.1 Å². The second-order valence-electron chi connectivity index (χ2n) is 13.2. The number of aliphatic carboxylic acids is 6. The van der Waals surface area contributed by atoms with Gasteiger partial charge in [-0.2, -0.15) is 0 Å². The highest BCUT2D eigenvalue weighted by Gasteiger charge is 2.32. The number of carboxylic acids is 6. The van der Waals surface area contributed by atoms with Crippen molar-refractivity contribution in [3.63, 3.8) is 0 Å². The number of carbonyl (C=O) groups excluding carboxylic acids is 5. The first kappa shape index (κ1) is 54.8. The number of hydrogen-bond acceptors (Lipinski definition) is 15. The van der Waals surface area contributed by atoms with E-state index in [1.807, 2.05) is 0 Å². The SMILES string of the molecule is CC(=O)OCCSSC[C@H](NC(=O)[C@H](Cc1ccccc1)NC(=O)[C@H](CC(=O)O)NC(=O)CC[C@H](NC(=O)CC[C@@H](NC(=S)N[C@H](CCC(=O)O)C(=O)O)C(=O)O)C(=O)O)C(=O)O. The Morgan fingerprint density at radius 3 is 1.51 bits per heavy atom. The zero-order valence-corrected chi connectivity index (χ0v) is 35.9. The predicted octanol–water partition coefficient (Wildman–Crippen LogP) is -1.45. The third kappa shape index (κ3) is 24.1. The molecule has 0 saturated heterocycles. The maximum absolute atomic E-state index is 13.4. The number of esters is 1. The van der Waals surface area contributed by atoms with Crippen LogP contribution >= 0.6 is 33.8 Å². The molecule has 0 aliphatic carbocycles. The normalized spacial score (nSPS) is 13.5. The summed E-state index contributed by atoms with van der Waals surface area (Å²) in [5.41, 5.74) is 0.509. The second kappa shape index (κ2) is 29.1. The highest BCUT2D eigenvalue weighted by atomic mass is 33.1. The molecule has 1 rings (SSSR count). The predicted molar refractivity (Wildman–Crippen MR) is 224 cm³/mol. The summed E-state index contributed by atoms with van der Waals surface area (Å²) in [7, 11) is 2.24. The van der Waals surface area contributed by atoms with Crippen LogP contribution in [0.3, 0.4) is 0 Å². The molecule has 0 aliphatic heterocycles. The molecule has 0 spiro atoms. The Morgan fingerprint density at radius 2 is 1.03 bits per heavy atom. The monoisotopic (exact) mass is 948 g/mol. The summed E-state index contributed by atoms with van der Waals surface area (Å²) in [5.74, 6) is -13.4. The average molecular weight is 949 g/mol. The summed E-state index contributed by atoms with van der Waals surface area (Å²) in [5, 5.41) is 69.6. The Balaban J connectivity index is 2.97. The lowest BCUT2D eigenvalue weighted by atomic mass is 10.0. The van der Waals surface area contributed by atoms with Crippen LogP contribution in [-0.2, 0) is 63.9 Å². The molecular weight excluding hydrogens is 901 g/mol. The molecule has 0 unspecified atom stereocenters. The Hall–Kier alpha value is -6.22. The number of thiocarbonyl (C=S) groups is 1. The van der Waals surface area contributed by atoms with Gasteiger partial charge in [0, 0.05) is 44.1 Å². The van der Waals surface area contributed by atoms with E-state index < -0.39 is 152 Å². The molecule has 4 amide bonds. The van der Waals surface area contributed by atoms with Crippen molar-refractivity contribution in [2.75, 3.05) is 18.1 Å². The van der Waals surface area contributed by atoms with E-state index in [0.717, 1.165) is 10.8 Å². The smallest absolute Gasteiger partial charge is 0.327 e. The van der Waals surface area contributed by atoms with E-state index in [1.165, 1.54) is 17.7 Å². The fourth-order valence-electron chi connectivity index (χ4n) is 5.04. The van der Waals surface area contributed by atoms with Crippen LogP contribution in [0.25, 0.3) is 0 Å². The van der Waals surface area contributed by atoms with Gasteiger partial charge in [0.15, 0.2) is 5.11 Å². The van der Waals surface area contributed by atoms with Gasteiger partial charge < -0.3 is 67.3 Å². The van der Waals surface area contributed by atoms with Gasteiger partial charge in [0.05, 0.1) is 6.42 Å². The van der Waals surface area contributed by atoms with Gasteiger partial charge in [0.2, 0.25) is 23.6 Å². The molecule has 6 atom stereocenters. The standard InChI is InChI=1S/C36H48N6O18S3/c1-18(43)60-13-14-62-63-17-25(35(58)59)40-30(50)23(15-19-5-3-2-4-6-19)39-31(51)24(16-29(48)49)38-27(45)10-7-20(32(52)53)37-26(44)11-8-21(33(54)55)41-36(61)42-22(34(56)57)9-12-28(46)47/h2-6,20-25H,7-17H2,1H3,(H,37,44)(H,38,45)(H,39,51)(H,40,50)(H,46,47)(H,48,49)(H,52,53)(H,54,55)(H,56,57)(H,58,59)(H2,41,42,61)/t20-,21+,22+,23-,24-,25-/m0/s1. The van der Waals surface area contributed by atoms with Gasteiger partial charge in [-0.05, 0) is 37.0 Å². The highest BCUT2D eigenvalue weighted by molar-refractivity contribution is 8.76. The molecule has 0 radical (unpaired) electrons. The van der Waals surface area contributed by atoms with E-state index in [-0.39, 0.29) is 18.8 Å². The van der Waals surface area contributed by atoms with Crippen LogP contribution in [0.15, 0.2) is 30.3 Å². The molecule has 63 heavy (non-hydrogen) atoms. The van der Waals surface area contributed by atoms with Gasteiger partial charge >= 0.3 is 41.8 Å². The highest BCUT2D eigenvalue weighted by Crippen LogP contribution is 2.22. The zero-order valence-electron chi connectivity index (χ0n) is 33.4. The molecule has 0 bridgehead atoms. The molecule has 0 saturated carbocycles. The zero-order chi connectivity index (χ0) is 47.6. The largest absolute Gasteiger partial charge is 0.481 e. The van der Waals surface area contributed by atoms with Gasteiger partial charge in [-0.1, -0.05) is 51.9 Å². The summed E-state index contributed by atoms with van der Waals surface area (Å²) in [6.07, 6.45) is -4.58. The molecule has 12 N–H and O–H groups in total. The number of amides is 4. The van der Waals surface area contributed by atoms with Crippen LogP contribution in [0, 0.1) is 0 Å². The number of benzene rings is 1. The number of carbonyl (C=O) groups is 11. The maximum Gasteiger partial charge on any atom is 0.327 e. The first-order valence-electron chi connectivity index (χ1n) is 18.6. The molecule has 0 heterocycles. The average Bonchev–Trinajstić information content (AvgIpc) is 3.19. The van der Waals surface area contributed by atoms with Gasteiger partial charge in [0.1, 0.15) is 42.9 Å². The second-order valence-corrected chi connectivity index (χ2v) is 16.2. The molecule has 0 aromatic heterocycles. The summed E-state index contributed by atoms with van der Waals surface area (Å²) in [4.78, 5) is 133. The first-order valence-corrected chi connectivity index (χ1v) is 21.5. The molecule has 24 nitrogen and oxygen atoms in total. The summed E-state index contributed by atoms with van der Waals surface area (Å²) < 4.78 is 4.81. The third-order valence-corrected chi connectivity index (χ3v) is 10.8. The van der Waals surface area contributed by atoms with E-state index in [9.17, 15) is 78.3 Å². The van der Waals surface area contributed by atoms with E-state index in [1.54, 1.807) is 30.3 Å². The van der Waals surface area contributed by atoms with Crippen LogP contribution in [0.2, 0.25) is 0 Å². The number of carboxylic acid groups (broad SMARTS) is 6. The van der Waals surface area contributed by atoms with Crippen molar-refractivity contribution in [2.45, 2.75) is 94.5 Å². The topological polar surface area (TPSA) is 391 Å². The minimum atomic E-state index is -1.83. The minimum absolute atomic E-state index is 0.0695.